The summed E-state index contributed by atoms with van der Waals surface area (Å²) in [4.78, 5) is 2.25. The van der Waals surface area contributed by atoms with Crippen molar-refractivity contribution in [3.8, 4) is 0 Å². The highest BCUT2D eigenvalue weighted by atomic mass is 19.1. The van der Waals surface area contributed by atoms with E-state index in [1.54, 1.807) is 12.1 Å². The highest BCUT2D eigenvalue weighted by Crippen LogP contribution is 2.38. The van der Waals surface area contributed by atoms with Gasteiger partial charge in [0, 0.05) is 24.2 Å². The molecule has 0 saturated heterocycles. The average molecular weight is 250 g/mol. The van der Waals surface area contributed by atoms with Crippen molar-refractivity contribution in [2.75, 3.05) is 24.5 Å². The maximum Gasteiger partial charge on any atom is 0.125 e. The van der Waals surface area contributed by atoms with Crippen LogP contribution in [0.25, 0.3) is 0 Å². The number of halogens is 1. The lowest BCUT2D eigenvalue weighted by Crippen LogP contribution is -2.41. The number of benzene rings is 1. The Morgan fingerprint density at radius 1 is 1.33 bits per heavy atom. The highest BCUT2D eigenvalue weighted by Gasteiger charge is 2.34. The van der Waals surface area contributed by atoms with Crippen LogP contribution < -0.4 is 10.6 Å². The molecule has 18 heavy (non-hydrogen) atoms. The SMILES string of the molecule is CCN(CC1(CN)CCCC1)c1cccc(F)c1. The van der Waals surface area contributed by atoms with Crippen LogP contribution in [0.2, 0.25) is 0 Å². The maximum absolute atomic E-state index is 13.3. The first kappa shape index (κ1) is 13.3. The van der Waals surface area contributed by atoms with Gasteiger partial charge in [0.05, 0.1) is 0 Å². The Balaban J connectivity index is 2.14. The minimum absolute atomic E-state index is 0.167. The molecule has 1 saturated carbocycles. The van der Waals surface area contributed by atoms with Crippen LogP contribution in [0.1, 0.15) is 32.6 Å². The fourth-order valence-corrected chi connectivity index (χ4v) is 3.02. The Bertz CT molecular complexity index is 386. The fraction of sp³-hybridized carbons (Fsp3) is 0.600. The van der Waals surface area contributed by atoms with E-state index in [0.29, 0.717) is 0 Å². The minimum Gasteiger partial charge on any atom is -0.371 e. The molecule has 2 nitrogen and oxygen atoms in total. The molecular weight excluding hydrogens is 227 g/mol. The molecule has 0 amide bonds. The van der Waals surface area contributed by atoms with Gasteiger partial charge in [0.1, 0.15) is 5.82 Å². The standard InChI is InChI=1S/C15H23FN2/c1-2-18(14-7-5-6-13(16)10-14)12-15(11-17)8-3-4-9-15/h5-7,10H,2-4,8-9,11-12,17H2,1H3. The lowest BCUT2D eigenvalue weighted by atomic mass is 9.85. The molecule has 1 fully saturated rings. The first-order valence-electron chi connectivity index (χ1n) is 6.90. The van der Waals surface area contributed by atoms with Gasteiger partial charge in [-0.1, -0.05) is 18.9 Å². The topological polar surface area (TPSA) is 29.3 Å². The second-order valence-electron chi connectivity index (χ2n) is 5.41. The first-order valence-corrected chi connectivity index (χ1v) is 6.90. The van der Waals surface area contributed by atoms with Gasteiger partial charge in [0.25, 0.3) is 0 Å². The molecule has 0 aromatic heterocycles. The zero-order valence-electron chi connectivity index (χ0n) is 11.2. The summed E-state index contributed by atoms with van der Waals surface area (Å²) in [5.74, 6) is -0.167. The Morgan fingerprint density at radius 3 is 2.61 bits per heavy atom. The van der Waals surface area contributed by atoms with Crippen LogP contribution in [0.3, 0.4) is 0 Å². The third-order valence-electron chi connectivity index (χ3n) is 4.18. The van der Waals surface area contributed by atoms with Crippen LogP contribution in [0, 0.1) is 11.2 Å². The van der Waals surface area contributed by atoms with E-state index in [0.717, 1.165) is 25.3 Å². The van der Waals surface area contributed by atoms with Crippen molar-refractivity contribution in [1.82, 2.24) is 0 Å². The summed E-state index contributed by atoms with van der Waals surface area (Å²) in [6.45, 7) is 4.69. The third kappa shape index (κ3) is 2.83. The summed E-state index contributed by atoms with van der Waals surface area (Å²) < 4.78 is 13.3. The summed E-state index contributed by atoms with van der Waals surface area (Å²) in [5.41, 5.74) is 7.19. The van der Waals surface area contributed by atoms with Gasteiger partial charge in [-0.2, -0.15) is 0 Å². The van der Waals surface area contributed by atoms with Crippen LogP contribution in [0.4, 0.5) is 10.1 Å². The van der Waals surface area contributed by atoms with E-state index in [1.807, 2.05) is 6.07 Å². The average Bonchev–Trinajstić information content (AvgIpc) is 2.85. The van der Waals surface area contributed by atoms with Crippen LogP contribution in [0.5, 0.6) is 0 Å². The molecule has 0 bridgehead atoms. The van der Waals surface area contributed by atoms with E-state index in [9.17, 15) is 4.39 Å². The van der Waals surface area contributed by atoms with Crippen molar-refractivity contribution in [1.29, 1.82) is 0 Å². The van der Waals surface area contributed by atoms with Crippen LogP contribution in [-0.2, 0) is 0 Å². The second kappa shape index (κ2) is 5.70. The van der Waals surface area contributed by atoms with Gasteiger partial charge in [-0.3, -0.25) is 0 Å². The fourth-order valence-electron chi connectivity index (χ4n) is 3.02. The first-order chi connectivity index (χ1) is 8.69. The monoisotopic (exact) mass is 250 g/mol. The van der Waals surface area contributed by atoms with Crippen LogP contribution in [-0.4, -0.2) is 19.6 Å². The van der Waals surface area contributed by atoms with Gasteiger partial charge in [-0.15, -0.1) is 0 Å². The quantitative estimate of drug-likeness (QED) is 0.869. The summed E-state index contributed by atoms with van der Waals surface area (Å²) in [5, 5.41) is 0. The van der Waals surface area contributed by atoms with Crippen molar-refractivity contribution in [3.05, 3.63) is 30.1 Å². The normalized spacial score (nSPS) is 17.9. The minimum atomic E-state index is -0.167. The molecule has 0 aliphatic heterocycles. The van der Waals surface area contributed by atoms with Crippen molar-refractivity contribution in [2.45, 2.75) is 32.6 Å². The zero-order valence-corrected chi connectivity index (χ0v) is 11.2. The van der Waals surface area contributed by atoms with Crippen molar-refractivity contribution < 1.29 is 4.39 Å². The van der Waals surface area contributed by atoms with Crippen LogP contribution >= 0.6 is 0 Å². The molecule has 2 N–H and O–H groups in total. The van der Waals surface area contributed by atoms with Gasteiger partial charge >= 0.3 is 0 Å². The van der Waals surface area contributed by atoms with Gasteiger partial charge in [0.15, 0.2) is 0 Å². The summed E-state index contributed by atoms with van der Waals surface area (Å²) in [6, 6.07) is 6.86. The Hall–Kier alpha value is -1.09. The molecule has 2 rings (SSSR count). The van der Waals surface area contributed by atoms with Gasteiger partial charge in [0.2, 0.25) is 0 Å². The van der Waals surface area contributed by atoms with E-state index < -0.39 is 0 Å². The molecule has 0 radical (unpaired) electrons. The number of hydrogen-bond acceptors (Lipinski definition) is 2. The number of nitrogens with two attached hydrogens (primary N) is 1. The van der Waals surface area contributed by atoms with Crippen LogP contribution in [0.15, 0.2) is 24.3 Å². The molecule has 100 valence electrons. The Kier molecular flexibility index (Phi) is 4.23. The molecule has 0 heterocycles. The third-order valence-corrected chi connectivity index (χ3v) is 4.18. The highest BCUT2D eigenvalue weighted by molar-refractivity contribution is 5.46. The number of anilines is 1. The number of rotatable bonds is 5. The van der Waals surface area contributed by atoms with Crippen molar-refractivity contribution >= 4 is 5.69 Å². The smallest absolute Gasteiger partial charge is 0.125 e. The zero-order chi connectivity index (χ0) is 13.0. The maximum atomic E-state index is 13.3. The molecular formula is C15H23FN2. The van der Waals surface area contributed by atoms with E-state index in [-0.39, 0.29) is 11.2 Å². The molecule has 1 aliphatic rings. The van der Waals surface area contributed by atoms with Gasteiger partial charge in [-0.25, -0.2) is 4.39 Å². The summed E-state index contributed by atoms with van der Waals surface area (Å²) >= 11 is 0. The van der Waals surface area contributed by atoms with E-state index in [4.69, 9.17) is 5.73 Å². The van der Waals surface area contributed by atoms with Crippen molar-refractivity contribution in [3.63, 3.8) is 0 Å². The number of hydrogen-bond donors (Lipinski definition) is 1. The van der Waals surface area contributed by atoms with Gasteiger partial charge < -0.3 is 10.6 Å². The van der Waals surface area contributed by atoms with E-state index >= 15 is 0 Å². The molecule has 0 unspecified atom stereocenters. The Morgan fingerprint density at radius 2 is 2.06 bits per heavy atom. The molecule has 3 heteroatoms. The molecule has 1 aliphatic carbocycles. The molecule has 1 aromatic carbocycles. The predicted molar refractivity (Wildman–Crippen MR) is 74.2 cm³/mol. The van der Waals surface area contributed by atoms with Gasteiger partial charge in [-0.05, 0) is 44.5 Å². The van der Waals surface area contributed by atoms with E-state index in [2.05, 4.69) is 11.8 Å². The second-order valence-corrected chi connectivity index (χ2v) is 5.41. The van der Waals surface area contributed by atoms with Crippen molar-refractivity contribution in [2.24, 2.45) is 11.1 Å². The molecule has 0 atom stereocenters. The Labute approximate surface area is 109 Å². The lowest BCUT2D eigenvalue weighted by Gasteiger charge is -2.35. The number of nitrogens with zero attached hydrogens (tertiary/aromatic N) is 1. The predicted octanol–water partition coefficient (Wildman–Crippen LogP) is 3.17. The summed E-state index contributed by atoms with van der Waals surface area (Å²) in [7, 11) is 0. The lowest BCUT2D eigenvalue weighted by molar-refractivity contribution is 0.312. The molecule has 0 spiro atoms. The van der Waals surface area contributed by atoms with E-state index in [1.165, 1.54) is 31.7 Å². The summed E-state index contributed by atoms with van der Waals surface area (Å²) in [6.07, 6.45) is 4.96. The molecule has 1 aromatic rings. The largest absolute Gasteiger partial charge is 0.371 e.